The summed E-state index contributed by atoms with van der Waals surface area (Å²) in [5.74, 6) is 1.21. The van der Waals surface area contributed by atoms with E-state index in [4.69, 9.17) is 0 Å². The lowest BCUT2D eigenvalue weighted by molar-refractivity contribution is 0.219. The Labute approximate surface area is 124 Å². The predicted molar refractivity (Wildman–Crippen MR) is 77.0 cm³/mol. The van der Waals surface area contributed by atoms with Gasteiger partial charge in [-0.3, -0.25) is 0 Å². The summed E-state index contributed by atoms with van der Waals surface area (Å²) in [6.45, 7) is 2.09. The fourth-order valence-corrected chi connectivity index (χ4v) is 1.59. The Balaban J connectivity index is 1.94. The molecule has 0 aliphatic carbocycles. The molecule has 0 atom stereocenters. The van der Waals surface area contributed by atoms with Gasteiger partial charge in [-0.15, -0.1) is 0 Å². The summed E-state index contributed by atoms with van der Waals surface area (Å²) >= 11 is 3.26. The number of halogens is 1. The monoisotopic (exact) mass is 336 g/mol. The van der Waals surface area contributed by atoms with Gasteiger partial charge in [0.15, 0.2) is 0 Å². The van der Waals surface area contributed by atoms with Crippen LogP contribution in [0.15, 0.2) is 29.3 Å². The minimum atomic E-state index is -0.274. The summed E-state index contributed by atoms with van der Waals surface area (Å²) in [4.78, 5) is 29.7. The van der Waals surface area contributed by atoms with Crippen molar-refractivity contribution in [2.75, 3.05) is 12.4 Å². The lowest BCUT2D eigenvalue weighted by Gasteiger charge is -2.16. The maximum atomic E-state index is 12.0. The summed E-state index contributed by atoms with van der Waals surface area (Å²) in [7, 11) is 1.66. The zero-order valence-electron chi connectivity index (χ0n) is 11.0. The van der Waals surface area contributed by atoms with E-state index in [1.54, 1.807) is 38.8 Å². The minimum Gasteiger partial charge on any atom is -0.320 e. The second-order valence-corrected chi connectivity index (χ2v) is 5.04. The number of rotatable bonds is 3. The van der Waals surface area contributed by atoms with Gasteiger partial charge in [-0.1, -0.05) is 0 Å². The molecule has 0 fully saturated rings. The number of anilines is 1. The van der Waals surface area contributed by atoms with Crippen molar-refractivity contribution in [2.45, 2.75) is 13.5 Å². The Bertz CT molecular complexity index is 586. The first kappa shape index (κ1) is 14.3. The minimum absolute atomic E-state index is 0.274. The first-order valence-corrected chi connectivity index (χ1v) is 6.61. The van der Waals surface area contributed by atoms with E-state index < -0.39 is 0 Å². The van der Waals surface area contributed by atoms with E-state index in [0.717, 1.165) is 4.47 Å². The molecule has 8 heteroatoms. The van der Waals surface area contributed by atoms with Crippen LogP contribution in [0.2, 0.25) is 0 Å². The second kappa shape index (κ2) is 6.38. The zero-order chi connectivity index (χ0) is 14.5. The van der Waals surface area contributed by atoms with Crippen LogP contribution in [0, 0.1) is 6.92 Å². The van der Waals surface area contributed by atoms with Gasteiger partial charge < -0.3 is 10.2 Å². The van der Waals surface area contributed by atoms with Crippen LogP contribution in [0.25, 0.3) is 0 Å². The van der Waals surface area contributed by atoms with Gasteiger partial charge >= 0.3 is 6.03 Å². The van der Waals surface area contributed by atoms with E-state index in [2.05, 4.69) is 41.2 Å². The molecule has 0 unspecified atom stereocenters. The molecule has 0 aliphatic rings. The number of hydrogen-bond acceptors (Lipinski definition) is 5. The van der Waals surface area contributed by atoms with E-state index in [0.29, 0.717) is 23.9 Å². The molecule has 7 nitrogen and oxygen atoms in total. The summed E-state index contributed by atoms with van der Waals surface area (Å²) in [6, 6.07) is -0.274. The zero-order valence-corrected chi connectivity index (χ0v) is 12.6. The highest BCUT2D eigenvalue weighted by molar-refractivity contribution is 9.10. The fourth-order valence-electron chi connectivity index (χ4n) is 1.38. The van der Waals surface area contributed by atoms with Crippen molar-refractivity contribution in [3.63, 3.8) is 0 Å². The molecule has 2 aromatic rings. The average Bonchev–Trinajstić information content (AvgIpc) is 2.44. The number of amides is 2. The van der Waals surface area contributed by atoms with Crippen molar-refractivity contribution in [1.82, 2.24) is 24.8 Å². The third-order valence-electron chi connectivity index (χ3n) is 2.43. The predicted octanol–water partition coefficient (Wildman–Crippen LogP) is 2.00. The number of urea groups is 1. The normalized spacial score (nSPS) is 10.2. The summed E-state index contributed by atoms with van der Waals surface area (Å²) < 4.78 is 0.796. The van der Waals surface area contributed by atoms with Gasteiger partial charge in [0.2, 0.25) is 0 Å². The molecule has 0 aliphatic heterocycles. The number of aryl methyl sites for hydroxylation is 1. The quantitative estimate of drug-likeness (QED) is 0.926. The maximum absolute atomic E-state index is 12.0. The molecule has 0 spiro atoms. The molecule has 0 aromatic carbocycles. The van der Waals surface area contributed by atoms with Crippen molar-refractivity contribution >= 4 is 27.6 Å². The molecule has 2 aromatic heterocycles. The molecule has 0 bridgehead atoms. The van der Waals surface area contributed by atoms with Crippen LogP contribution in [0.5, 0.6) is 0 Å². The summed E-state index contributed by atoms with van der Waals surface area (Å²) in [6.07, 6.45) is 6.40. The standard InChI is InChI=1S/C12H13BrN6O/c1-8-14-5-10(6-15-8)18-12(20)19(2)7-11-16-3-9(13)4-17-11/h3-6H,7H2,1-2H3,(H,18,20). The Kier molecular flexibility index (Phi) is 4.57. The van der Waals surface area contributed by atoms with Crippen molar-refractivity contribution in [3.8, 4) is 0 Å². The average molecular weight is 337 g/mol. The molecule has 20 heavy (non-hydrogen) atoms. The molecule has 0 saturated carbocycles. The third kappa shape index (κ3) is 3.95. The van der Waals surface area contributed by atoms with Crippen molar-refractivity contribution in [3.05, 3.63) is 40.9 Å². The lowest BCUT2D eigenvalue weighted by atomic mass is 10.5. The van der Waals surface area contributed by atoms with Gasteiger partial charge in [0.05, 0.1) is 29.1 Å². The Hall–Kier alpha value is -2.09. The smallest absolute Gasteiger partial charge is 0.320 e. The number of hydrogen-bond donors (Lipinski definition) is 1. The lowest BCUT2D eigenvalue weighted by Crippen LogP contribution is -2.31. The van der Waals surface area contributed by atoms with Gasteiger partial charge in [-0.2, -0.15) is 0 Å². The van der Waals surface area contributed by atoms with Gasteiger partial charge in [0.25, 0.3) is 0 Å². The van der Waals surface area contributed by atoms with E-state index >= 15 is 0 Å². The molecule has 0 saturated heterocycles. The van der Waals surface area contributed by atoms with Crippen LogP contribution < -0.4 is 5.32 Å². The number of carbonyl (C=O) groups is 1. The van der Waals surface area contributed by atoms with Gasteiger partial charge in [0, 0.05) is 19.4 Å². The van der Waals surface area contributed by atoms with Crippen LogP contribution in [-0.4, -0.2) is 37.9 Å². The van der Waals surface area contributed by atoms with Crippen molar-refractivity contribution in [2.24, 2.45) is 0 Å². The second-order valence-electron chi connectivity index (χ2n) is 4.12. The number of aromatic nitrogens is 4. The van der Waals surface area contributed by atoms with Crippen LogP contribution in [-0.2, 0) is 6.54 Å². The molecular weight excluding hydrogens is 324 g/mol. The van der Waals surface area contributed by atoms with Gasteiger partial charge in [0.1, 0.15) is 11.6 Å². The van der Waals surface area contributed by atoms with Gasteiger partial charge in [-0.05, 0) is 22.9 Å². The summed E-state index contributed by atoms with van der Waals surface area (Å²) in [5.41, 5.74) is 0.546. The molecule has 2 amide bonds. The molecule has 2 rings (SSSR count). The topological polar surface area (TPSA) is 83.9 Å². The van der Waals surface area contributed by atoms with Crippen molar-refractivity contribution < 1.29 is 4.79 Å². The number of nitrogens with zero attached hydrogens (tertiary/aromatic N) is 5. The van der Waals surface area contributed by atoms with Crippen LogP contribution in [0.1, 0.15) is 11.6 Å². The van der Waals surface area contributed by atoms with Crippen LogP contribution in [0.3, 0.4) is 0 Å². The molecular formula is C12H13BrN6O. The van der Waals surface area contributed by atoms with E-state index in [1.807, 2.05) is 0 Å². The van der Waals surface area contributed by atoms with Crippen molar-refractivity contribution in [1.29, 1.82) is 0 Å². The van der Waals surface area contributed by atoms with E-state index in [9.17, 15) is 4.79 Å². The molecule has 104 valence electrons. The fraction of sp³-hybridized carbons (Fsp3) is 0.250. The Morgan fingerprint density at radius 1 is 1.20 bits per heavy atom. The highest BCUT2D eigenvalue weighted by atomic mass is 79.9. The largest absolute Gasteiger partial charge is 0.322 e. The highest BCUT2D eigenvalue weighted by Crippen LogP contribution is 2.07. The van der Waals surface area contributed by atoms with Crippen LogP contribution in [0.4, 0.5) is 10.5 Å². The first-order valence-electron chi connectivity index (χ1n) is 5.82. The number of carbonyl (C=O) groups excluding carboxylic acids is 1. The van der Waals surface area contributed by atoms with E-state index in [-0.39, 0.29) is 6.03 Å². The van der Waals surface area contributed by atoms with Gasteiger partial charge in [-0.25, -0.2) is 24.7 Å². The highest BCUT2D eigenvalue weighted by Gasteiger charge is 2.11. The summed E-state index contributed by atoms with van der Waals surface area (Å²) in [5, 5.41) is 2.70. The molecule has 1 N–H and O–H groups in total. The Morgan fingerprint density at radius 3 is 2.40 bits per heavy atom. The maximum Gasteiger partial charge on any atom is 0.322 e. The third-order valence-corrected chi connectivity index (χ3v) is 2.84. The van der Waals surface area contributed by atoms with E-state index in [1.165, 1.54) is 4.90 Å². The Morgan fingerprint density at radius 2 is 1.80 bits per heavy atom. The number of nitrogens with one attached hydrogen (secondary N) is 1. The SMILES string of the molecule is Cc1ncc(NC(=O)N(C)Cc2ncc(Br)cn2)cn1. The molecule has 0 radical (unpaired) electrons. The van der Waals surface area contributed by atoms with Crippen LogP contribution >= 0.6 is 15.9 Å². The first-order chi connectivity index (χ1) is 9.54. The molecule has 2 heterocycles.